The summed E-state index contributed by atoms with van der Waals surface area (Å²) in [6.07, 6.45) is 5.90. The number of nitrogens with zero attached hydrogens (tertiary/aromatic N) is 1. The van der Waals surface area contributed by atoms with E-state index in [4.69, 9.17) is 0 Å². The van der Waals surface area contributed by atoms with Crippen LogP contribution in [0, 0.1) is 5.92 Å². The van der Waals surface area contributed by atoms with Crippen LogP contribution in [0.3, 0.4) is 0 Å². The second-order valence-electron chi connectivity index (χ2n) is 5.46. The number of carbonyl (C=O) groups is 1. The minimum Gasteiger partial charge on any atom is -0.389 e. The fraction of sp³-hybridized carbons (Fsp3) is 0.923. The van der Waals surface area contributed by atoms with E-state index in [1.807, 2.05) is 11.8 Å². The lowest BCUT2D eigenvalue weighted by Crippen LogP contribution is -2.55. The van der Waals surface area contributed by atoms with Gasteiger partial charge in [0, 0.05) is 19.0 Å². The second-order valence-corrected chi connectivity index (χ2v) is 6.56. The highest BCUT2D eigenvalue weighted by molar-refractivity contribution is 9.10. The Morgan fingerprint density at radius 3 is 3.00 bits per heavy atom. The highest BCUT2D eigenvalue weighted by atomic mass is 79.9. The van der Waals surface area contributed by atoms with Crippen LogP contribution in [0.1, 0.15) is 45.4 Å². The first-order valence-electron chi connectivity index (χ1n) is 6.72. The predicted octanol–water partition coefficient (Wildman–Crippen LogP) is 2.31. The fourth-order valence-corrected chi connectivity index (χ4v) is 3.43. The van der Waals surface area contributed by atoms with E-state index < -0.39 is 5.60 Å². The van der Waals surface area contributed by atoms with Crippen LogP contribution in [0.5, 0.6) is 0 Å². The third kappa shape index (κ3) is 2.68. The molecule has 1 aliphatic heterocycles. The van der Waals surface area contributed by atoms with Crippen LogP contribution in [0.25, 0.3) is 0 Å². The maximum absolute atomic E-state index is 12.1. The van der Waals surface area contributed by atoms with Gasteiger partial charge in [-0.05, 0) is 25.7 Å². The van der Waals surface area contributed by atoms with Gasteiger partial charge in [-0.3, -0.25) is 4.79 Å². The smallest absolute Gasteiger partial charge is 0.236 e. The van der Waals surface area contributed by atoms with Crippen LogP contribution >= 0.6 is 15.9 Å². The van der Waals surface area contributed by atoms with E-state index in [2.05, 4.69) is 15.9 Å². The summed E-state index contributed by atoms with van der Waals surface area (Å²) in [5.74, 6) is 0.491. The molecule has 3 atom stereocenters. The van der Waals surface area contributed by atoms with Gasteiger partial charge >= 0.3 is 0 Å². The Labute approximate surface area is 112 Å². The largest absolute Gasteiger partial charge is 0.389 e. The molecule has 4 heteroatoms. The Morgan fingerprint density at radius 2 is 2.29 bits per heavy atom. The van der Waals surface area contributed by atoms with Gasteiger partial charge in [0.25, 0.3) is 0 Å². The first-order chi connectivity index (χ1) is 8.07. The summed E-state index contributed by atoms with van der Waals surface area (Å²) in [5.41, 5.74) is -0.483. The van der Waals surface area contributed by atoms with Crippen molar-refractivity contribution in [2.75, 3.05) is 13.1 Å². The highest BCUT2D eigenvalue weighted by Crippen LogP contribution is 2.40. The summed E-state index contributed by atoms with van der Waals surface area (Å²) in [7, 11) is 0. The van der Waals surface area contributed by atoms with Gasteiger partial charge in [0.1, 0.15) is 0 Å². The van der Waals surface area contributed by atoms with E-state index in [-0.39, 0.29) is 10.7 Å². The average Bonchev–Trinajstić information content (AvgIpc) is 2.35. The Morgan fingerprint density at radius 1 is 1.53 bits per heavy atom. The van der Waals surface area contributed by atoms with Crippen molar-refractivity contribution >= 4 is 21.8 Å². The SMILES string of the molecule is CCC(Br)C(=O)N1CCC2(O)CCCCC2C1. The summed E-state index contributed by atoms with van der Waals surface area (Å²) < 4.78 is 0. The van der Waals surface area contributed by atoms with Gasteiger partial charge in [-0.25, -0.2) is 0 Å². The van der Waals surface area contributed by atoms with Gasteiger partial charge in [0.2, 0.25) is 5.91 Å². The van der Waals surface area contributed by atoms with Crippen molar-refractivity contribution in [3.63, 3.8) is 0 Å². The molecule has 0 aromatic carbocycles. The number of halogens is 1. The lowest BCUT2D eigenvalue weighted by molar-refractivity contribution is -0.142. The number of rotatable bonds is 2. The lowest BCUT2D eigenvalue weighted by Gasteiger charge is -2.47. The van der Waals surface area contributed by atoms with Gasteiger partial charge in [-0.1, -0.05) is 35.7 Å². The first kappa shape index (κ1) is 13.3. The summed E-state index contributed by atoms with van der Waals surface area (Å²) in [6, 6.07) is 0. The molecule has 1 heterocycles. The molecule has 1 N–H and O–H groups in total. The topological polar surface area (TPSA) is 40.5 Å². The molecular weight excluding hydrogens is 282 g/mol. The Bertz CT molecular complexity index is 297. The molecule has 2 aliphatic rings. The third-order valence-electron chi connectivity index (χ3n) is 4.37. The zero-order valence-electron chi connectivity index (χ0n) is 10.5. The van der Waals surface area contributed by atoms with Crippen molar-refractivity contribution in [3.8, 4) is 0 Å². The summed E-state index contributed by atoms with van der Waals surface area (Å²) >= 11 is 3.43. The minimum atomic E-state index is -0.483. The van der Waals surface area contributed by atoms with Crippen molar-refractivity contribution in [2.24, 2.45) is 5.92 Å². The Kier molecular flexibility index (Phi) is 4.14. The number of fused-ring (bicyclic) bond motifs is 1. The molecule has 3 unspecified atom stereocenters. The number of piperidine rings is 1. The zero-order chi connectivity index (χ0) is 12.5. The predicted molar refractivity (Wildman–Crippen MR) is 71.1 cm³/mol. The molecule has 1 amide bonds. The van der Waals surface area contributed by atoms with Crippen molar-refractivity contribution in [1.82, 2.24) is 4.90 Å². The Hall–Kier alpha value is -0.0900. The summed E-state index contributed by atoms with van der Waals surface area (Å²) in [5, 5.41) is 10.5. The average molecular weight is 304 g/mol. The van der Waals surface area contributed by atoms with Crippen LogP contribution in [-0.2, 0) is 4.79 Å². The summed E-state index contributed by atoms with van der Waals surface area (Å²) in [4.78, 5) is 14.0. The van der Waals surface area contributed by atoms with Crippen LogP contribution in [0.15, 0.2) is 0 Å². The number of hydrogen-bond acceptors (Lipinski definition) is 2. The van der Waals surface area contributed by atoms with E-state index in [0.717, 1.165) is 38.6 Å². The maximum Gasteiger partial charge on any atom is 0.236 e. The van der Waals surface area contributed by atoms with Crippen LogP contribution < -0.4 is 0 Å². The molecule has 0 radical (unpaired) electrons. The van der Waals surface area contributed by atoms with Crippen molar-refractivity contribution in [2.45, 2.75) is 55.9 Å². The van der Waals surface area contributed by atoms with Gasteiger partial charge in [0.15, 0.2) is 0 Å². The molecule has 0 aromatic heterocycles. The normalized spacial score (nSPS) is 35.2. The molecule has 1 saturated carbocycles. The van der Waals surface area contributed by atoms with Crippen LogP contribution in [-0.4, -0.2) is 39.4 Å². The molecule has 0 spiro atoms. The third-order valence-corrected chi connectivity index (χ3v) is 5.40. The molecule has 0 bridgehead atoms. The fourth-order valence-electron chi connectivity index (χ4n) is 3.14. The molecular formula is C13H22BrNO2. The van der Waals surface area contributed by atoms with Crippen molar-refractivity contribution in [1.29, 1.82) is 0 Å². The van der Waals surface area contributed by atoms with Crippen LogP contribution in [0.2, 0.25) is 0 Å². The van der Waals surface area contributed by atoms with E-state index in [0.29, 0.717) is 12.5 Å². The number of hydrogen-bond donors (Lipinski definition) is 1. The zero-order valence-corrected chi connectivity index (χ0v) is 12.1. The highest BCUT2D eigenvalue weighted by Gasteiger charge is 2.44. The van der Waals surface area contributed by atoms with Gasteiger partial charge in [-0.2, -0.15) is 0 Å². The van der Waals surface area contributed by atoms with E-state index in [1.165, 1.54) is 6.42 Å². The molecule has 1 saturated heterocycles. The number of aliphatic hydroxyl groups is 1. The minimum absolute atomic E-state index is 0.0581. The second kappa shape index (κ2) is 5.27. The van der Waals surface area contributed by atoms with E-state index in [9.17, 15) is 9.90 Å². The number of amides is 1. The quantitative estimate of drug-likeness (QED) is 0.795. The maximum atomic E-state index is 12.1. The lowest BCUT2D eigenvalue weighted by atomic mass is 9.71. The molecule has 17 heavy (non-hydrogen) atoms. The molecule has 98 valence electrons. The van der Waals surface area contributed by atoms with E-state index >= 15 is 0 Å². The first-order valence-corrected chi connectivity index (χ1v) is 7.63. The van der Waals surface area contributed by atoms with E-state index in [1.54, 1.807) is 0 Å². The molecule has 2 rings (SSSR count). The Balaban J connectivity index is 1.99. The number of carbonyl (C=O) groups excluding carboxylic acids is 1. The van der Waals surface area contributed by atoms with Gasteiger partial charge in [-0.15, -0.1) is 0 Å². The monoisotopic (exact) mass is 303 g/mol. The van der Waals surface area contributed by atoms with Crippen molar-refractivity contribution < 1.29 is 9.90 Å². The molecule has 3 nitrogen and oxygen atoms in total. The standard InChI is InChI=1S/C13H22BrNO2/c1-2-11(14)12(16)15-8-7-13(17)6-4-3-5-10(13)9-15/h10-11,17H,2-9H2,1H3. The van der Waals surface area contributed by atoms with Crippen LogP contribution in [0.4, 0.5) is 0 Å². The molecule has 1 aliphatic carbocycles. The van der Waals surface area contributed by atoms with Crippen molar-refractivity contribution in [3.05, 3.63) is 0 Å². The number of alkyl halides is 1. The molecule has 0 aromatic rings. The van der Waals surface area contributed by atoms with Gasteiger partial charge < -0.3 is 10.0 Å². The summed E-state index contributed by atoms with van der Waals surface area (Å²) in [6.45, 7) is 3.48. The molecule has 2 fully saturated rings. The number of likely N-dealkylation sites (tertiary alicyclic amines) is 1. The van der Waals surface area contributed by atoms with Gasteiger partial charge in [0.05, 0.1) is 10.4 Å².